The third kappa shape index (κ3) is 5.45. The third-order valence-electron chi connectivity index (χ3n) is 6.57. The maximum absolute atomic E-state index is 14.1. The van der Waals surface area contributed by atoms with Crippen LogP contribution < -0.4 is 29.1 Å². The number of fused-ring (bicyclic) bond motifs is 1. The van der Waals surface area contributed by atoms with Gasteiger partial charge in [0.15, 0.2) is 4.80 Å². The molecule has 0 saturated carbocycles. The Morgan fingerprint density at radius 1 is 1.00 bits per heavy atom. The predicted molar refractivity (Wildman–Crippen MR) is 161 cm³/mol. The molecule has 210 valence electrons. The molecule has 0 radical (unpaired) electrons. The fraction of sp³-hybridized carbons (Fsp3) is 0.194. The number of carbonyl (C=O) groups excluding carboxylic acids is 1. The van der Waals surface area contributed by atoms with Gasteiger partial charge in [-0.25, -0.2) is 9.79 Å². The molecule has 4 aromatic rings. The summed E-state index contributed by atoms with van der Waals surface area (Å²) in [5, 5.41) is 0. The van der Waals surface area contributed by atoms with Gasteiger partial charge in [-0.2, -0.15) is 0 Å². The van der Waals surface area contributed by atoms with Crippen LogP contribution in [0, 0.1) is 0 Å². The topological polar surface area (TPSA) is 88.4 Å². The molecule has 1 aliphatic heterocycles. The van der Waals surface area contributed by atoms with E-state index in [9.17, 15) is 9.59 Å². The van der Waals surface area contributed by atoms with Crippen molar-refractivity contribution >= 4 is 45.0 Å². The first kappa shape index (κ1) is 28.4. The van der Waals surface area contributed by atoms with Crippen LogP contribution in [-0.2, 0) is 9.53 Å². The number of thiazole rings is 1. The largest absolute Gasteiger partial charge is 0.497 e. The summed E-state index contributed by atoms with van der Waals surface area (Å²) in [7, 11) is 4.70. The number of esters is 1. The molecule has 0 amide bonds. The van der Waals surface area contributed by atoms with E-state index in [4.69, 9.17) is 23.9 Å². The summed E-state index contributed by atoms with van der Waals surface area (Å²) in [5.74, 6) is 1.19. The maximum atomic E-state index is 14.1. The van der Waals surface area contributed by atoms with E-state index in [-0.39, 0.29) is 17.7 Å². The van der Waals surface area contributed by atoms with Crippen molar-refractivity contribution in [3.8, 4) is 17.2 Å². The minimum Gasteiger partial charge on any atom is -0.497 e. The number of aromatic nitrogens is 1. The number of ether oxygens (including phenoxy) is 4. The molecule has 10 heteroatoms. The van der Waals surface area contributed by atoms with E-state index in [1.54, 1.807) is 45.0 Å². The summed E-state index contributed by atoms with van der Waals surface area (Å²) in [6.07, 6.45) is 1.76. The average molecular weight is 636 g/mol. The Morgan fingerprint density at radius 2 is 1.76 bits per heavy atom. The van der Waals surface area contributed by atoms with E-state index in [0.717, 1.165) is 5.56 Å². The fourth-order valence-corrected chi connectivity index (χ4v) is 6.22. The van der Waals surface area contributed by atoms with Gasteiger partial charge in [0.1, 0.15) is 17.2 Å². The zero-order chi connectivity index (χ0) is 29.1. The van der Waals surface area contributed by atoms with Crippen LogP contribution in [0.3, 0.4) is 0 Å². The lowest BCUT2D eigenvalue weighted by molar-refractivity contribution is -0.138. The molecule has 1 atom stereocenters. The van der Waals surface area contributed by atoms with Gasteiger partial charge in [0.2, 0.25) is 0 Å². The van der Waals surface area contributed by atoms with Crippen molar-refractivity contribution in [2.45, 2.75) is 13.0 Å². The van der Waals surface area contributed by atoms with Gasteiger partial charge < -0.3 is 18.9 Å². The Bertz CT molecular complexity index is 1830. The second kappa shape index (κ2) is 12.2. The second-order valence-corrected chi connectivity index (χ2v) is 10.8. The van der Waals surface area contributed by atoms with Crippen molar-refractivity contribution < 1.29 is 23.7 Å². The smallest absolute Gasteiger partial charge is 0.338 e. The monoisotopic (exact) mass is 634 g/mol. The van der Waals surface area contributed by atoms with Crippen molar-refractivity contribution in [3.05, 3.63) is 113 Å². The second-order valence-electron chi connectivity index (χ2n) is 8.94. The normalized spacial score (nSPS) is 14.8. The molecule has 0 saturated heterocycles. The molecule has 0 fully saturated rings. The molecular formula is C31H27BrN2O6S. The van der Waals surface area contributed by atoms with E-state index >= 15 is 0 Å². The Hall–Kier alpha value is -4.15. The molecule has 0 aliphatic carbocycles. The van der Waals surface area contributed by atoms with Crippen LogP contribution >= 0.6 is 27.3 Å². The summed E-state index contributed by atoms with van der Waals surface area (Å²) in [4.78, 5) is 33.1. The van der Waals surface area contributed by atoms with Gasteiger partial charge in [-0.15, -0.1) is 0 Å². The van der Waals surface area contributed by atoms with E-state index in [0.29, 0.717) is 47.9 Å². The van der Waals surface area contributed by atoms with Crippen molar-refractivity contribution in [2.24, 2.45) is 4.99 Å². The average Bonchev–Trinajstić information content (AvgIpc) is 3.31. The molecule has 0 spiro atoms. The highest BCUT2D eigenvalue weighted by molar-refractivity contribution is 9.10. The van der Waals surface area contributed by atoms with Crippen LogP contribution in [0.25, 0.3) is 11.8 Å². The van der Waals surface area contributed by atoms with Crippen LogP contribution in [0.1, 0.15) is 29.7 Å². The maximum Gasteiger partial charge on any atom is 0.338 e. The van der Waals surface area contributed by atoms with Gasteiger partial charge in [-0.1, -0.05) is 53.8 Å². The van der Waals surface area contributed by atoms with E-state index in [1.807, 2.05) is 60.7 Å². The van der Waals surface area contributed by atoms with Crippen molar-refractivity contribution in [1.29, 1.82) is 0 Å². The highest BCUT2D eigenvalue weighted by Gasteiger charge is 2.35. The molecule has 5 rings (SSSR count). The van der Waals surface area contributed by atoms with E-state index in [2.05, 4.69) is 15.9 Å². The van der Waals surface area contributed by atoms with Crippen LogP contribution in [0.15, 0.2) is 86.6 Å². The number of methoxy groups -OCH3 is 3. The standard InChI is InChI=1S/C31H27BrN2O6S/c1-5-40-30(36)26-27(18-10-7-6-8-11-18)33-31-34(28(26)19-12-9-13-21(14-19)37-2)29(35)25(41-31)16-20-15-22(32)24(39-4)17-23(20)38-3/h6-17,28H,5H2,1-4H3/b25-16-/t28-/m0/s1. The predicted octanol–water partition coefficient (Wildman–Crippen LogP) is 4.72. The van der Waals surface area contributed by atoms with Crippen LogP contribution in [0.2, 0.25) is 0 Å². The zero-order valence-electron chi connectivity index (χ0n) is 22.8. The van der Waals surface area contributed by atoms with Gasteiger partial charge in [0, 0.05) is 17.2 Å². The molecule has 2 heterocycles. The van der Waals surface area contributed by atoms with Gasteiger partial charge in [-0.05, 0) is 52.7 Å². The van der Waals surface area contributed by atoms with Crippen LogP contribution in [0.5, 0.6) is 17.2 Å². The summed E-state index contributed by atoms with van der Waals surface area (Å²) in [6.45, 7) is 1.92. The molecule has 0 N–H and O–H groups in total. The molecule has 3 aromatic carbocycles. The highest BCUT2D eigenvalue weighted by atomic mass is 79.9. The number of nitrogens with zero attached hydrogens (tertiary/aromatic N) is 2. The number of rotatable bonds is 8. The molecule has 41 heavy (non-hydrogen) atoms. The molecule has 0 bridgehead atoms. The summed E-state index contributed by atoms with van der Waals surface area (Å²) in [5.41, 5.74) is 2.53. The van der Waals surface area contributed by atoms with Gasteiger partial charge >= 0.3 is 5.97 Å². The minimum absolute atomic E-state index is 0.172. The first-order valence-electron chi connectivity index (χ1n) is 12.7. The molecule has 1 aliphatic rings. The molecule has 1 aromatic heterocycles. The number of benzene rings is 3. The Kier molecular flexibility index (Phi) is 8.41. The lowest BCUT2D eigenvalue weighted by Crippen LogP contribution is -2.40. The molecule has 8 nitrogen and oxygen atoms in total. The number of carbonyl (C=O) groups is 1. The number of hydrogen-bond donors (Lipinski definition) is 0. The van der Waals surface area contributed by atoms with Crippen molar-refractivity contribution in [1.82, 2.24) is 4.57 Å². The quantitative estimate of drug-likeness (QED) is 0.261. The lowest BCUT2D eigenvalue weighted by Gasteiger charge is -2.26. The highest BCUT2D eigenvalue weighted by Crippen LogP contribution is 2.36. The molecular weight excluding hydrogens is 608 g/mol. The van der Waals surface area contributed by atoms with Crippen molar-refractivity contribution in [2.75, 3.05) is 27.9 Å². The van der Waals surface area contributed by atoms with E-state index < -0.39 is 12.0 Å². The zero-order valence-corrected chi connectivity index (χ0v) is 25.2. The minimum atomic E-state index is -0.803. The number of hydrogen-bond acceptors (Lipinski definition) is 8. The number of halogens is 1. The first-order chi connectivity index (χ1) is 19.9. The summed E-state index contributed by atoms with van der Waals surface area (Å²) < 4.78 is 24.7. The summed E-state index contributed by atoms with van der Waals surface area (Å²) >= 11 is 4.75. The Labute approximate surface area is 248 Å². The van der Waals surface area contributed by atoms with Crippen molar-refractivity contribution in [3.63, 3.8) is 0 Å². The fourth-order valence-electron chi connectivity index (χ4n) is 4.70. The SMILES string of the molecule is CCOC(=O)C1=C(c2ccccc2)N=c2s/c(=C\c3cc(Br)c(OC)cc3OC)c(=O)n2[C@H]1c1cccc(OC)c1. The lowest BCUT2D eigenvalue weighted by atomic mass is 9.93. The van der Waals surface area contributed by atoms with Gasteiger partial charge in [-0.3, -0.25) is 9.36 Å². The van der Waals surface area contributed by atoms with Gasteiger partial charge in [0.25, 0.3) is 5.56 Å². The van der Waals surface area contributed by atoms with Gasteiger partial charge in [0.05, 0.1) is 54.3 Å². The summed E-state index contributed by atoms with van der Waals surface area (Å²) in [6, 6.07) is 19.5. The van der Waals surface area contributed by atoms with Crippen LogP contribution in [-0.4, -0.2) is 38.5 Å². The van der Waals surface area contributed by atoms with E-state index in [1.165, 1.54) is 11.3 Å². The Morgan fingerprint density at radius 3 is 2.44 bits per heavy atom. The molecule has 0 unspecified atom stereocenters. The first-order valence-corrected chi connectivity index (χ1v) is 14.3. The van der Waals surface area contributed by atoms with Crippen LogP contribution in [0.4, 0.5) is 0 Å². The Balaban J connectivity index is 1.83. The third-order valence-corrected chi connectivity index (χ3v) is 8.18.